The molecule has 2 aliphatic heterocycles. The van der Waals surface area contributed by atoms with Gasteiger partial charge >= 0.3 is 6.09 Å². The molecule has 2 heterocycles. The molecule has 0 bridgehead atoms. The van der Waals surface area contributed by atoms with Gasteiger partial charge < -0.3 is 15.0 Å². The van der Waals surface area contributed by atoms with Gasteiger partial charge in [-0.15, -0.1) is 11.8 Å². The molecule has 0 aromatic heterocycles. The number of hydrogen-bond acceptors (Lipinski definition) is 4. The molecule has 1 amide bonds. The second kappa shape index (κ2) is 4.34. The van der Waals surface area contributed by atoms with Gasteiger partial charge in [-0.05, 0) is 35.9 Å². The van der Waals surface area contributed by atoms with E-state index in [4.69, 9.17) is 4.74 Å². The first-order valence-electron chi connectivity index (χ1n) is 6.45. The molecule has 1 N–H and O–H groups in total. The second-order valence-electron chi connectivity index (χ2n) is 5.32. The molecule has 3 rings (SSSR count). The van der Waals surface area contributed by atoms with Crippen LogP contribution in [0.4, 0.5) is 10.5 Å². The normalized spacial score (nSPS) is 27.9. The van der Waals surface area contributed by atoms with Gasteiger partial charge in [0.05, 0.1) is 5.37 Å². The number of carbonyl (C=O) groups excluding carboxylic acids is 1. The molecule has 0 aliphatic carbocycles. The highest BCUT2D eigenvalue weighted by Gasteiger charge is 2.50. The largest absolute Gasteiger partial charge is 0.412 e. The number of amides is 1. The summed E-state index contributed by atoms with van der Waals surface area (Å²) < 4.78 is 5.24. The number of nitrogens with one attached hydrogen (secondary N) is 1. The number of nitrogens with zero attached hydrogens (tertiary/aromatic N) is 1. The van der Waals surface area contributed by atoms with Crippen LogP contribution < -0.4 is 15.0 Å². The summed E-state index contributed by atoms with van der Waals surface area (Å²) in [4.78, 5) is 13.6. The van der Waals surface area contributed by atoms with Crippen molar-refractivity contribution in [3.63, 3.8) is 0 Å². The van der Waals surface area contributed by atoms with Crippen LogP contribution in [-0.4, -0.2) is 31.3 Å². The molecule has 102 valence electrons. The number of hydrogen-bond donors (Lipinski definition) is 1. The fraction of sp³-hybridized carbons (Fsp3) is 0.500. The van der Waals surface area contributed by atoms with Crippen LogP contribution in [0.2, 0.25) is 0 Å². The third-order valence-corrected chi connectivity index (χ3v) is 5.76. The van der Waals surface area contributed by atoms with Gasteiger partial charge in [-0.25, -0.2) is 4.79 Å². The zero-order valence-electron chi connectivity index (χ0n) is 11.4. The number of anilines is 1. The number of carbonyl (C=O) groups is 1. The van der Waals surface area contributed by atoms with E-state index < -0.39 is 6.09 Å². The Balaban J connectivity index is 1.99. The third kappa shape index (κ3) is 1.79. The number of thioether (sulfide) groups is 1. The minimum Gasteiger partial charge on any atom is -0.410 e. The van der Waals surface area contributed by atoms with Crippen LogP contribution in [0.15, 0.2) is 18.2 Å². The number of ether oxygens (including phenoxy) is 1. The Bertz CT molecular complexity index is 534. The summed E-state index contributed by atoms with van der Waals surface area (Å²) >= 11 is 2.01. The number of likely N-dealkylation sites (N-methyl/N-ethyl adjacent to an activating group) is 1. The molecular formula is C14H18N2O2S. The van der Waals surface area contributed by atoms with E-state index >= 15 is 0 Å². The van der Waals surface area contributed by atoms with E-state index in [1.54, 1.807) is 7.05 Å². The lowest BCUT2D eigenvalue weighted by Gasteiger charge is -2.27. The van der Waals surface area contributed by atoms with E-state index in [2.05, 4.69) is 30.3 Å². The van der Waals surface area contributed by atoms with E-state index in [-0.39, 0.29) is 5.41 Å². The van der Waals surface area contributed by atoms with Crippen molar-refractivity contribution in [3.8, 4) is 5.75 Å². The molecule has 2 aliphatic rings. The van der Waals surface area contributed by atoms with Crippen LogP contribution in [0.1, 0.15) is 18.9 Å². The van der Waals surface area contributed by atoms with Crippen molar-refractivity contribution in [1.29, 1.82) is 0 Å². The van der Waals surface area contributed by atoms with Crippen molar-refractivity contribution >= 4 is 23.5 Å². The Morgan fingerprint density at radius 3 is 3.11 bits per heavy atom. The quantitative estimate of drug-likeness (QED) is 0.857. The molecule has 1 fully saturated rings. The first-order chi connectivity index (χ1) is 9.06. The molecule has 0 spiro atoms. The molecule has 1 aromatic rings. The maximum atomic E-state index is 11.3. The minimum atomic E-state index is -0.422. The summed E-state index contributed by atoms with van der Waals surface area (Å²) in [7, 11) is 3.71. The minimum absolute atomic E-state index is 0.164. The molecule has 19 heavy (non-hydrogen) atoms. The summed E-state index contributed by atoms with van der Waals surface area (Å²) in [5.41, 5.74) is 2.71. The Morgan fingerprint density at radius 2 is 2.37 bits per heavy atom. The molecule has 2 unspecified atom stereocenters. The molecule has 0 saturated carbocycles. The van der Waals surface area contributed by atoms with Crippen LogP contribution in [0.5, 0.6) is 5.75 Å². The maximum Gasteiger partial charge on any atom is 0.412 e. The van der Waals surface area contributed by atoms with E-state index in [0.717, 1.165) is 0 Å². The highest BCUT2D eigenvalue weighted by molar-refractivity contribution is 8.00. The molecule has 1 aromatic carbocycles. The molecule has 2 atom stereocenters. The molecule has 4 nitrogen and oxygen atoms in total. The molecule has 1 saturated heterocycles. The first-order valence-corrected chi connectivity index (χ1v) is 7.49. The highest BCUT2D eigenvalue weighted by Crippen LogP contribution is 2.55. The lowest BCUT2D eigenvalue weighted by atomic mass is 9.82. The van der Waals surface area contributed by atoms with Crippen molar-refractivity contribution in [1.82, 2.24) is 5.32 Å². The van der Waals surface area contributed by atoms with Gasteiger partial charge in [-0.2, -0.15) is 0 Å². The first kappa shape index (κ1) is 12.7. The summed E-state index contributed by atoms with van der Waals surface area (Å²) in [6.45, 7) is 2.31. The third-order valence-electron chi connectivity index (χ3n) is 4.17. The summed E-state index contributed by atoms with van der Waals surface area (Å²) in [6, 6.07) is 5.93. The van der Waals surface area contributed by atoms with Crippen molar-refractivity contribution in [2.24, 2.45) is 0 Å². The Labute approximate surface area is 117 Å². The average Bonchev–Trinajstić information content (AvgIpc) is 2.88. The molecular weight excluding hydrogens is 260 g/mol. The van der Waals surface area contributed by atoms with Gasteiger partial charge in [0.25, 0.3) is 0 Å². The number of fused-ring (bicyclic) bond motifs is 3. The van der Waals surface area contributed by atoms with Gasteiger partial charge in [-0.1, -0.05) is 6.92 Å². The lowest BCUT2D eigenvalue weighted by Crippen LogP contribution is -2.34. The predicted octanol–water partition coefficient (Wildman–Crippen LogP) is 2.58. The molecule has 0 radical (unpaired) electrons. The zero-order valence-corrected chi connectivity index (χ0v) is 12.2. The fourth-order valence-corrected chi connectivity index (χ4v) is 4.84. The standard InChI is InChI=1S/C14H18N2O2S/c1-14-6-7-19-12(14)16(3)11-5-4-9(8-10(11)14)18-13(17)15-2/h4-5,8,12H,6-7H2,1-3H3,(H,15,17). The lowest BCUT2D eigenvalue weighted by molar-refractivity contribution is 0.203. The van der Waals surface area contributed by atoms with Gasteiger partial charge in [-0.3, -0.25) is 0 Å². The summed E-state index contributed by atoms with van der Waals surface area (Å²) in [6.07, 6.45) is 0.747. The Morgan fingerprint density at radius 1 is 1.58 bits per heavy atom. The predicted molar refractivity (Wildman–Crippen MR) is 78.1 cm³/mol. The number of benzene rings is 1. The van der Waals surface area contributed by atoms with Gasteiger partial charge in [0.15, 0.2) is 0 Å². The monoisotopic (exact) mass is 278 g/mol. The van der Waals surface area contributed by atoms with Gasteiger partial charge in [0.2, 0.25) is 0 Å². The second-order valence-corrected chi connectivity index (χ2v) is 6.51. The van der Waals surface area contributed by atoms with E-state index in [1.165, 1.54) is 23.4 Å². The van der Waals surface area contributed by atoms with Crippen LogP contribution in [0, 0.1) is 0 Å². The Hall–Kier alpha value is -1.36. The van der Waals surface area contributed by atoms with Crippen LogP contribution in [-0.2, 0) is 5.41 Å². The van der Waals surface area contributed by atoms with Crippen molar-refractivity contribution < 1.29 is 9.53 Å². The average molecular weight is 278 g/mol. The smallest absolute Gasteiger partial charge is 0.410 e. The van der Waals surface area contributed by atoms with Crippen LogP contribution in [0.25, 0.3) is 0 Å². The topological polar surface area (TPSA) is 41.6 Å². The van der Waals surface area contributed by atoms with E-state index in [0.29, 0.717) is 11.1 Å². The fourth-order valence-electron chi connectivity index (χ4n) is 3.12. The van der Waals surface area contributed by atoms with Crippen molar-refractivity contribution in [2.75, 3.05) is 24.7 Å². The van der Waals surface area contributed by atoms with E-state index in [1.807, 2.05) is 23.9 Å². The maximum absolute atomic E-state index is 11.3. The summed E-state index contributed by atoms with van der Waals surface area (Å²) in [5.74, 6) is 1.80. The highest BCUT2D eigenvalue weighted by atomic mass is 32.2. The van der Waals surface area contributed by atoms with Gasteiger partial charge in [0, 0.05) is 25.2 Å². The SMILES string of the molecule is CNC(=O)Oc1ccc2c(c1)C1(C)CCSC1N2C. The van der Waals surface area contributed by atoms with Crippen LogP contribution >= 0.6 is 11.8 Å². The van der Waals surface area contributed by atoms with E-state index in [9.17, 15) is 4.79 Å². The van der Waals surface area contributed by atoms with Crippen LogP contribution in [0.3, 0.4) is 0 Å². The summed E-state index contributed by atoms with van der Waals surface area (Å²) in [5, 5.41) is 2.97. The molecule has 5 heteroatoms. The van der Waals surface area contributed by atoms with Crippen molar-refractivity contribution in [3.05, 3.63) is 23.8 Å². The van der Waals surface area contributed by atoms with Crippen molar-refractivity contribution in [2.45, 2.75) is 24.1 Å². The number of rotatable bonds is 1. The Kier molecular flexibility index (Phi) is 2.89. The van der Waals surface area contributed by atoms with Gasteiger partial charge in [0.1, 0.15) is 5.75 Å². The zero-order chi connectivity index (χ0) is 13.6.